The van der Waals surface area contributed by atoms with Crippen LogP contribution in [0.4, 0.5) is 4.79 Å². The van der Waals surface area contributed by atoms with Crippen LogP contribution in [0, 0.1) is 0 Å². The molecule has 0 saturated carbocycles. The predicted octanol–water partition coefficient (Wildman–Crippen LogP) is 2.08. The molecule has 0 spiro atoms. The van der Waals surface area contributed by atoms with Crippen molar-refractivity contribution in [3.8, 4) is 0 Å². The fraction of sp³-hybridized carbons (Fsp3) is 0.421. The quantitative estimate of drug-likeness (QED) is 0.672. The first kappa shape index (κ1) is 19.3. The second-order valence-corrected chi connectivity index (χ2v) is 6.77. The van der Waals surface area contributed by atoms with Gasteiger partial charge in [0.2, 0.25) is 0 Å². The fourth-order valence-electron chi connectivity index (χ4n) is 3.40. The number of piperidine rings is 1. The van der Waals surface area contributed by atoms with Crippen molar-refractivity contribution in [2.45, 2.75) is 38.2 Å². The Morgan fingerprint density at radius 2 is 2.30 bits per heavy atom. The van der Waals surface area contributed by atoms with Gasteiger partial charge in [-0.05, 0) is 44.0 Å². The van der Waals surface area contributed by atoms with E-state index in [1.807, 2.05) is 43.5 Å². The van der Waals surface area contributed by atoms with Crippen molar-refractivity contribution >= 4 is 24.2 Å². The zero-order valence-electron chi connectivity index (χ0n) is 15.4. The highest BCUT2D eigenvalue weighted by molar-refractivity contribution is 6.43. The van der Waals surface area contributed by atoms with Crippen molar-refractivity contribution < 1.29 is 24.0 Å². The summed E-state index contributed by atoms with van der Waals surface area (Å²) in [5.74, 6) is -0.895. The van der Waals surface area contributed by atoms with Gasteiger partial charge in [0.25, 0.3) is 0 Å². The van der Waals surface area contributed by atoms with Crippen LogP contribution in [0.2, 0.25) is 0 Å². The lowest BCUT2D eigenvalue weighted by Gasteiger charge is -2.31. The number of hydrogen-bond acceptors (Lipinski definition) is 6. The Balaban J connectivity index is 1.60. The number of carbonyl (C=O) groups is 1. The van der Waals surface area contributed by atoms with Crippen LogP contribution in [0.3, 0.4) is 0 Å². The molecule has 1 fully saturated rings. The summed E-state index contributed by atoms with van der Waals surface area (Å²) in [4.78, 5) is 14.4. The van der Waals surface area contributed by atoms with Gasteiger partial charge in [0.05, 0.1) is 18.7 Å². The van der Waals surface area contributed by atoms with E-state index in [-0.39, 0.29) is 12.5 Å². The number of ether oxygens (including phenoxy) is 1. The molecule has 27 heavy (non-hydrogen) atoms. The monoisotopic (exact) mass is 372 g/mol. The first-order valence-electron chi connectivity index (χ1n) is 9.22. The highest BCUT2D eigenvalue weighted by Gasteiger charge is 2.29. The van der Waals surface area contributed by atoms with Gasteiger partial charge in [-0.25, -0.2) is 4.79 Å². The minimum atomic E-state index is -1.71. The van der Waals surface area contributed by atoms with Crippen LogP contribution in [-0.2, 0) is 11.2 Å². The number of nitrogens with zero attached hydrogens (tertiary/aromatic N) is 1. The third-order valence-electron chi connectivity index (χ3n) is 4.71. The molecule has 0 aliphatic carbocycles. The summed E-state index contributed by atoms with van der Waals surface area (Å²) in [5, 5.41) is 22.8. The SMILES string of the molecule is CC=CN1CCCC(OC(=O)NC(Cc2coc3ccccc23)B(O)O)C1. The molecule has 144 valence electrons. The number of alkyl carbamates (subject to hydrolysis) is 1. The van der Waals surface area contributed by atoms with E-state index in [0.717, 1.165) is 30.3 Å². The minimum absolute atomic E-state index is 0.221. The molecule has 0 radical (unpaired) electrons. The Morgan fingerprint density at radius 3 is 3.07 bits per heavy atom. The molecule has 1 aliphatic rings. The number of benzene rings is 1. The van der Waals surface area contributed by atoms with Crippen LogP contribution < -0.4 is 5.32 Å². The summed E-state index contributed by atoms with van der Waals surface area (Å²) in [6.07, 6.45) is 6.60. The van der Waals surface area contributed by atoms with E-state index in [4.69, 9.17) is 9.15 Å². The summed E-state index contributed by atoms with van der Waals surface area (Å²) in [7, 11) is -1.71. The Hall–Kier alpha value is -2.45. The van der Waals surface area contributed by atoms with E-state index < -0.39 is 19.2 Å². The third kappa shape index (κ3) is 5.05. The number of amides is 1. The Bertz CT molecular complexity index is 791. The Morgan fingerprint density at radius 1 is 1.48 bits per heavy atom. The standard InChI is InChI=1S/C19H25BN2O5/c1-2-9-22-10-5-6-15(12-22)27-19(23)21-18(20(24)25)11-14-13-26-17-8-4-3-7-16(14)17/h2-4,7-9,13,15,18,24-25H,5-6,10-12H2,1H3,(H,21,23). The number of furan rings is 1. The van der Waals surface area contributed by atoms with Crippen molar-refractivity contribution in [1.29, 1.82) is 0 Å². The summed E-state index contributed by atoms with van der Waals surface area (Å²) in [6.45, 7) is 3.53. The highest BCUT2D eigenvalue weighted by atomic mass is 16.6. The van der Waals surface area contributed by atoms with Gasteiger partial charge in [-0.2, -0.15) is 0 Å². The maximum absolute atomic E-state index is 12.3. The van der Waals surface area contributed by atoms with Crippen LogP contribution in [0.5, 0.6) is 0 Å². The number of nitrogens with one attached hydrogen (secondary N) is 1. The normalized spacial score (nSPS) is 18.6. The van der Waals surface area contributed by atoms with E-state index in [2.05, 4.69) is 10.2 Å². The topological polar surface area (TPSA) is 95.2 Å². The zero-order chi connectivity index (χ0) is 19.2. The van der Waals surface area contributed by atoms with E-state index in [9.17, 15) is 14.8 Å². The van der Waals surface area contributed by atoms with Gasteiger partial charge in [0.1, 0.15) is 11.7 Å². The van der Waals surface area contributed by atoms with Gasteiger partial charge in [-0.3, -0.25) is 0 Å². The molecule has 1 amide bonds. The van der Waals surface area contributed by atoms with Gasteiger partial charge in [0, 0.05) is 11.9 Å². The average Bonchev–Trinajstić information content (AvgIpc) is 3.05. The molecule has 1 aromatic heterocycles. The maximum Gasteiger partial charge on any atom is 0.475 e. The number of rotatable bonds is 6. The van der Waals surface area contributed by atoms with E-state index >= 15 is 0 Å². The number of para-hydroxylation sites is 1. The zero-order valence-corrected chi connectivity index (χ0v) is 15.4. The molecular formula is C19H25BN2O5. The fourth-order valence-corrected chi connectivity index (χ4v) is 3.40. The molecule has 3 rings (SSSR count). The van der Waals surface area contributed by atoms with E-state index in [1.165, 1.54) is 0 Å². The molecule has 1 aliphatic heterocycles. The van der Waals surface area contributed by atoms with Crippen LogP contribution in [0.15, 0.2) is 47.2 Å². The number of carbonyl (C=O) groups excluding carboxylic acids is 1. The smallest absolute Gasteiger partial charge is 0.464 e. The van der Waals surface area contributed by atoms with Crippen molar-refractivity contribution in [2.75, 3.05) is 13.1 Å². The van der Waals surface area contributed by atoms with Crippen LogP contribution in [-0.4, -0.2) is 53.3 Å². The van der Waals surface area contributed by atoms with Crippen LogP contribution >= 0.6 is 0 Å². The Kier molecular flexibility index (Phi) is 6.42. The van der Waals surface area contributed by atoms with Crippen LogP contribution in [0.25, 0.3) is 11.0 Å². The lowest BCUT2D eigenvalue weighted by atomic mass is 9.76. The molecule has 8 heteroatoms. The van der Waals surface area contributed by atoms with Gasteiger partial charge < -0.3 is 29.4 Å². The van der Waals surface area contributed by atoms with Crippen molar-refractivity contribution in [1.82, 2.24) is 10.2 Å². The predicted molar refractivity (Wildman–Crippen MR) is 103 cm³/mol. The van der Waals surface area contributed by atoms with Crippen LogP contribution in [0.1, 0.15) is 25.3 Å². The molecule has 1 saturated heterocycles. The van der Waals surface area contributed by atoms with E-state index in [0.29, 0.717) is 12.1 Å². The maximum atomic E-state index is 12.3. The lowest BCUT2D eigenvalue weighted by molar-refractivity contribution is 0.0552. The minimum Gasteiger partial charge on any atom is -0.464 e. The molecule has 7 nitrogen and oxygen atoms in total. The summed E-state index contributed by atoms with van der Waals surface area (Å²) < 4.78 is 11.0. The molecule has 2 aromatic rings. The summed E-state index contributed by atoms with van der Waals surface area (Å²) >= 11 is 0. The average molecular weight is 372 g/mol. The molecule has 2 heterocycles. The molecular weight excluding hydrogens is 347 g/mol. The summed E-state index contributed by atoms with van der Waals surface area (Å²) in [6, 6.07) is 7.48. The van der Waals surface area contributed by atoms with Crippen molar-refractivity contribution in [2.24, 2.45) is 0 Å². The molecule has 0 bridgehead atoms. The first-order valence-corrected chi connectivity index (χ1v) is 9.22. The van der Waals surface area contributed by atoms with Crippen molar-refractivity contribution in [3.05, 3.63) is 48.4 Å². The number of likely N-dealkylation sites (tertiary alicyclic amines) is 1. The largest absolute Gasteiger partial charge is 0.475 e. The lowest BCUT2D eigenvalue weighted by Crippen LogP contribution is -2.49. The third-order valence-corrected chi connectivity index (χ3v) is 4.71. The van der Waals surface area contributed by atoms with Gasteiger partial charge in [-0.1, -0.05) is 24.3 Å². The first-order chi connectivity index (χ1) is 13.1. The van der Waals surface area contributed by atoms with Gasteiger partial charge >= 0.3 is 13.2 Å². The molecule has 3 N–H and O–H groups in total. The number of fused-ring (bicyclic) bond motifs is 1. The highest BCUT2D eigenvalue weighted by Crippen LogP contribution is 2.22. The van der Waals surface area contributed by atoms with E-state index in [1.54, 1.807) is 6.26 Å². The molecule has 2 atom stereocenters. The van der Waals surface area contributed by atoms with Crippen molar-refractivity contribution in [3.63, 3.8) is 0 Å². The van der Waals surface area contributed by atoms with Gasteiger partial charge in [-0.15, -0.1) is 0 Å². The number of hydrogen-bond donors (Lipinski definition) is 3. The molecule has 2 unspecified atom stereocenters. The number of allylic oxidation sites excluding steroid dienone is 1. The second-order valence-electron chi connectivity index (χ2n) is 6.77. The second kappa shape index (κ2) is 8.97. The summed E-state index contributed by atoms with van der Waals surface area (Å²) in [5.41, 5.74) is 1.51. The Labute approximate surface area is 158 Å². The molecule has 1 aromatic carbocycles. The van der Waals surface area contributed by atoms with Gasteiger partial charge in [0.15, 0.2) is 0 Å².